The van der Waals surface area contributed by atoms with Crippen LogP contribution >= 0.6 is 11.6 Å². The van der Waals surface area contributed by atoms with Crippen molar-refractivity contribution in [2.75, 3.05) is 37.7 Å². The summed E-state index contributed by atoms with van der Waals surface area (Å²) < 4.78 is 71.9. The second kappa shape index (κ2) is 10.3. The summed E-state index contributed by atoms with van der Waals surface area (Å²) in [5, 5.41) is 4.17. The number of halogens is 5. The summed E-state index contributed by atoms with van der Waals surface area (Å²) in [5.41, 5.74) is -0.0788. The van der Waals surface area contributed by atoms with Crippen molar-refractivity contribution in [3.63, 3.8) is 0 Å². The fourth-order valence-corrected chi connectivity index (χ4v) is 8.94. The van der Waals surface area contributed by atoms with Gasteiger partial charge in [-0.05, 0) is 68.7 Å². The molecule has 238 valence electrons. The molecule has 5 atom stereocenters. The smallest absolute Gasteiger partial charge is 0.319 e. The summed E-state index contributed by atoms with van der Waals surface area (Å²) in [7, 11) is 0. The Morgan fingerprint density at radius 2 is 2.00 bits per heavy atom. The van der Waals surface area contributed by atoms with Gasteiger partial charge < -0.3 is 19.7 Å². The molecule has 1 N–H and O–H groups in total. The Balaban J connectivity index is 1.22. The molecule has 0 radical (unpaired) electrons. The molecule has 1 saturated carbocycles. The molecule has 2 bridgehead atoms. The number of nitrogens with one attached hydrogen (secondary N) is 1. The van der Waals surface area contributed by atoms with Crippen LogP contribution in [0.2, 0.25) is 5.02 Å². The molecule has 13 heteroatoms. The predicted octanol–water partition coefficient (Wildman–Crippen LogP) is 5.96. The molecule has 4 saturated heterocycles. The van der Waals surface area contributed by atoms with Crippen molar-refractivity contribution >= 4 is 28.3 Å². The molecule has 0 amide bonds. The zero-order chi connectivity index (χ0) is 30.6. The number of aromatic nitrogens is 3. The Morgan fingerprint density at radius 1 is 1.13 bits per heavy atom. The van der Waals surface area contributed by atoms with Gasteiger partial charge in [0.1, 0.15) is 41.8 Å². The summed E-state index contributed by atoms with van der Waals surface area (Å²) in [6.45, 7) is 2.32. The minimum absolute atomic E-state index is 0.00339. The average Bonchev–Trinajstić information content (AvgIpc) is 3.60. The van der Waals surface area contributed by atoms with Crippen LogP contribution in [0.15, 0.2) is 12.1 Å². The molecule has 6 aliphatic rings. The number of piperazine rings is 1. The van der Waals surface area contributed by atoms with Crippen LogP contribution in [0.1, 0.15) is 68.4 Å². The number of hydrogen-bond donors (Lipinski definition) is 1. The van der Waals surface area contributed by atoms with E-state index in [9.17, 15) is 13.2 Å². The fourth-order valence-electron chi connectivity index (χ4n) is 8.56. The first-order chi connectivity index (χ1) is 21.8. The van der Waals surface area contributed by atoms with Crippen LogP contribution in [0, 0.1) is 5.82 Å². The first-order valence-electron chi connectivity index (χ1n) is 16.0. The Bertz CT molecular complexity index is 1710. The maximum atomic E-state index is 16.9. The van der Waals surface area contributed by atoms with E-state index in [-0.39, 0.29) is 76.5 Å². The topological polar surface area (TPSA) is 75.6 Å². The highest BCUT2D eigenvalue weighted by atomic mass is 35.5. The minimum atomic E-state index is -2.79. The number of pyridine rings is 1. The largest absolute Gasteiger partial charge is 0.475 e. The van der Waals surface area contributed by atoms with E-state index in [0.717, 1.165) is 45.1 Å². The normalized spacial score (nSPS) is 30.5. The average molecular weight is 645 g/mol. The molecule has 5 aliphatic heterocycles. The van der Waals surface area contributed by atoms with Crippen molar-refractivity contribution in [3.8, 4) is 23.1 Å². The molecule has 0 spiro atoms. The SMILES string of the molecule is Fc1c(-c2cc(C(F)F)cc(Cl)c2C2CC2)nc2c3c(nc(OC[C@@]45CCCN4C[C@H](F)C5)nc13)N1C[C@@H]3CC[C@@H](N3)[C@H]1CO2. The monoisotopic (exact) mass is 644 g/mol. The number of alkyl halides is 3. The van der Waals surface area contributed by atoms with Crippen LogP contribution in [-0.4, -0.2) is 82.5 Å². The predicted molar refractivity (Wildman–Crippen MR) is 160 cm³/mol. The molecule has 5 fully saturated rings. The van der Waals surface area contributed by atoms with Crippen molar-refractivity contribution in [2.24, 2.45) is 0 Å². The van der Waals surface area contributed by atoms with Crippen LogP contribution in [0.25, 0.3) is 22.2 Å². The number of anilines is 1. The van der Waals surface area contributed by atoms with E-state index in [0.29, 0.717) is 36.3 Å². The van der Waals surface area contributed by atoms with Gasteiger partial charge >= 0.3 is 6.01 Å². The highest BCUT2D eigenvalue weighted by molar-refractivity contribution is 6.32. The number of hydrogen-bond acceptors (Lipinski definition) is 8. The number of ether oxygens (including phenoxy) is 2. The maximum Gasteiger partial charge on any atom is 0.319 e. The molecule has 1 aliphatic carbocycles. The quantitative estimate of drug-likeness (QED) is 0.330. The van der Waals surface area contributed by atoms with Gasteiger partial charge in [0.15, 0.2) is 5.82 Å². The third-order valence-electron chi connectivity index (χ3n) is 10.8. The summed E-state index contributed by atoms with van der Waals surface area (Å²) in [6.07, 6.45) is 2.07. The number of fused-ring (bicyclic) bond motifs is 6. The van der Waals surface area contributed by atoms with E-state index in [1.165, 1.54) is 12.1 Å². The van der Waals surface area contributed by atoms with Crippen LogP contribution in [0.3, 0.4) is 0 Å². The Morgan fingerprint density at radius 3 is 2.82 bits per heavy atom. The lowest BCUT2D eigenvalue weighted by molar-refractivity contribution is 0.107. The van der Waals surface area contributed by atoms with E-state index in [2.05, 4.69) is 25.1 Å². The molecule has 0 unspecified atom stereocenters. The van der Waals surface area contributed by atoms with Crippen molar-refractivity contribution in [1.82, 2.24) is 25.2 Å². The molecular weight excluding hydrogens is 612 g/mol. The molecule has 7 heterocycles. The van der Waals surface area contributed by atoms with E-state index in [4.69, 9.17) is 26.1 Å². The van der Waals surface area contributed by atoms with Gasteiger partial charge in [0.2, 0.25) is 5.88 Å². The lowest BCUT2D eigenvalue weighted by Crippen LogP contribution is -2.60. The van der Waals surface area contributed by atoms with Gasteiger partial charge in [-0.1, -0.05) is 11.6 Å². The third-order valence-corrected chi connectivity index (χ3v) is 11.1. The first kappa shape index (κ1) is 28.3. The Hall–Kier alpha value is -2.96. The van der Waals surface area contributed by atoms with Gasteiger partial charge in [0, 0.05) is 47.7 Å². The summed E-state index contributed by atoms with van der Waals surface area (Å²) in [6, 6.07) is 2.88. The van der Waals surface area contributed by atoms with Gasteiger partial charge in [0.25, 0.3) is 6.43 Å². The summed E-state index contributed by atoms with van der Waals surface area (Å²) >= 11 is 6.57. The van der Waals surface area contributed by atoms with Gasteiger partial charge in [-0.3, -0.25) is 4.90 Å². The third kappa shape index (κ3) is 4.49. The van der Waals surface area contributed by atoms with E-state index >= 15 is 4.39 Å². The van der Waals surface area contributed by atoms with Crippen molar-refractivity contribution < 1.29 is 27.0 Å². The van der Waals surface area contributed by atoms with Crippen LogP contribution in [-0.2, 0) is 0 Å². The van der Waals surface area contributed by atoms with E-state index in [1.807, 2.05) is 0 Å². The summed E-state index contributed by atoms with van der Waals surface area (Å²) in [5.74, 6) is -0.0884. The van der Waals surface area contributed by atoms with Crippen molar-refractivity contribution in [1.29, 1.82) is 0 Å². The van der Waals surface area contributed by atoms with Crippen LogP contribution in [0.4, 0.5) is 23.4 Å². The second-order valence-corrected chi connectivity index (χ2v) is 14.0. The molecule has 3 aromatic rings. The lowest BCUT2D eigenvalue weighted by Gasteiger charge is -2.40. The van der Waals surface area contributed by atoms with E-state index < -0.39 is 24.0 Å². The summed E-state index contributed by atoms with van der Waals surface area (Å²) in [4.78, 5) is 18.4. The van der Waals surface area contributed by atoms with Crippen molar-refractivity contribution in [2.45, 2.75) is 87.1 Å². The van der Waals surface area contributed by atoms with Gasteiger partial charge in [-0.2, -0.15) is 9.97 Å². The Labute approximate surface area is 262 Å². The highest BCUT2D eigenvalue weighted by Crippen LogP contribution is 2.50. The fraction of sp³-hybridized carbons (Fsp3) is 0.594. The molecular formula is C32H33ClF4N6O2. The van der Waals surface area contributed by atoms with Crippen molar-refractivity contribution in [3.05, 3.63) is 34.1 Å². The number of benzene rings is 1. The van der Waals surface area contributed by atoms with Gasteiger partial charge in [-0.25, -0.2) is 22.5 Å². The second-order valence-electron chi connectivity index (χ2n) is 13.6. The molecule has 2 aromatic heterocycles. The lowest BCUT2D eigenvalue weighted by atomic mass is 9.95. The minimum Gasteiger partial charge on any atom is -0.475 e. The van der Waals surface area contributed by atoms with Crippen LogP contribution < -0.4 is 19.7 Å². The van der Waals surface area contributed by atoms with Crippen LogP contribution in [0.5, 0.6) is 11.9 Å². The molecule has 9 rings (SSSR count). The standard InChI is InChI=1S/C32H33ClF4N6O2/c33-20-9-16(28(36)37)8-19(23(20)15-2-3-15)26-25(35)27-24-29(43-12-18-4-5-21(38-18)22(43)13-44-30(24)39-26)41-31(40-27)45-14-32-6-1-7-42(32)11-17(34)10-32/h8-9,15,17-18,21-22,28,38H,1-7,10-14H2/t17-,18+,21-,22-,32+/m1/s1. The zero-order valence-electron chi connectivity index (χ0n) is 24.5. The number of rotatable bonds is 6. The van der Waals surface area contributed by atoms with Gasteiger partial charge in [0.05, 0.1) is 11.6 Å². The Kier molecular flexibility index (Phi) is 6.45. The zero-order valence-corrected chi connectivity index (χ0v) is 25.3. The number of nitrogens with zero attached hydrogens (tertiary/aromatic N) is 5. The highest BCUT2D eigenvalue weighted by Gasteiger charge is 2.50. The molecule has 45 heavy (non-hydrogen) atoms. The maximum absolute atomic E-state index is 16.9. The van der Waals surface area contributed by atoms with E-state index in [1.54, 1.807) is 0 Å². The molecule has 1 aromatic carbocycles. The van der Waals surface area contributed by atoms with Gasteiger partial charge in [-0.15, -0.1) is 0 Å². The first-order valence-corrected chi connectivity index (χ1v) is 16.4. The molecule has 8 nitrogen and oxygen atoms in total.